The van der Waals surface area contributed by atoms with Crippen molar-refractivity contribution in [3.05, 3.63) is 30.6 Å². The Morgan fingerprint density at radius 1 is 1.35 bits per heavy atom. The van der Waals surface area contributed by atoms with Gasteiger partial charge in [0.15, 0.2) is 5.82 Å². The molecule has 0 bridgehead atoms. The number of rotatable bonds is 4. The second-order valence-corrected chi connectivity index (χ2v) is 4.58. The van der Waals surface area contributed by atoms with E-state index in [1.165, 1.54) is 0 Å². The summed E-state index contributed by atoms with van der Waals surface area (Å²) in [5.41, 5.74) is 13.8. The summed E-state index contributed by atoms with van der Waals surface area (Å²) in [4.78, 5) is 10.8. The van der Waals surface area contributed by atoms with Crippen LogP contribution in [0.1, 0.15) is 6.42 Å². The lowest BCUT2D eigenvalue weighted by Crippen LogP contribution is -2.13. The van der Waals surface area contributed by atoms with Crippen LogP contribution in [-0.2, 0) is 11.3 Å². The molecule has 3 aromatic rings. The predicted octanol–water partition coefficient (Wildman–Crippen LogP) is 0.884. The number of fused-ring (bicyclic) bond motifs is 1. The number of amides is 1. The van der Waals surface area contributed by atoms with Crippen molar-refractivity contribution in [1.29, 1.82) is 0 Å². The number of hydrogen-bond donors (Lipinski definition) is 3. The smallest absolute Gasteiger partial charge is 0.219 e. The predicted molar refractivity (Wildman–Crippen MR) is 75.5 cm³/mol. The number of H-pyrrole nitrogens is 1. The molecule has 0 unspecified atom stereocenters. The lowest BCUT2D eigenvalue weighted by atomic mass is 10.1. The van der Waals surface area contributed by atoms with E-state index in [1.54, 1.807) is 10.9 Å². The van der Waals surface area contributed by atoms with Gasteiger partial charge in [-0.1, -0.05) is 6.07 Å². The second kappa shape index (κ2) is 4.69. The summed E-state index contributed by atoms with van der Waals surface area (Å²) in [6, 6.07) is 5.85. The van der Waals surface area contributed by atoms with Crippen LogP contribution in [-0.4, -0.2) is 25.9 Å². The number of aromatic nitrogens is 4. The molecule has 0 aliphatic heterocycles. The molecule has 0 saturated carbocycles. The van der Waals surface area contributed by atoms with E-state index in [-0.39, 0.29) is 12.3 Å². The molecular weight excluding hydrogens is 256 g/mol. The number of aryl methyl sites for hydroxylation is 1. The third kappa shape index (κ3) is 2.20. The van der Waals surface area contributed by atoms with Gasteiger partial charge in [0.2, 0.25) is 5.91 Å². The van der Waals surface area contributed by atoms with E-state index in [0.29, 0.717) is 12.4 Å². The summed E-state index contributed by atoms with van der Waals surface area (Å²) < 4.78 is 1.70. The van der Waals surface area contributed by atoms with Crippen molar-refractivity contribution in [2.24, 2.45) is 5.73 Å². The van der Waals surface area contributed by atoms with E-state index < -0.39 is 0 Å². The van der Waals surface area contributed by atoms with Crippen molar-refractivity contribution in [2.45, 2.75) is 13.0 Å². The number of nitrogen functional groups attached to an aromatic ring is 1. The van der Waals surface area contributed by atoms with E-state index in [1.807, 2.05) is 24.4 Å². The van der Waals surface area contributed by atoms with Gasteiger partial charge < -0.3 is 11.5 Å². The Hall–Kier alpha value is -2.83. The van der Waals surface area contributed by atoms with Crippen molar-refractivity contribution >= 4 is 22.6 Å². The molecular formula is C13H14N6O. The number of aromatic amines is 1. The first-order chi connectivity index (χ1) is 9.63. The monoisotopic (exact) mass is 270 g/mol. The maximum absolute atomic E-state index is 10.8. The van der Waals surface area contributed by atoms with Gasteiger partial charge in [0.1, 0.15) is 0 Å². The van der Waals surface area contributed by atoms with E-state index in [2.05, 4.69) is 15.3 Å². The van der Waals surface area contributed by atoms with Crippen LogP contribution in [0.5, 0.6) is 0 Å². The summed E-state index contributed by atoms with van der Waals surface area (Å²) in [5.74, 6) is 0.137. The number of carbonyl (C=O) groups excluding carboxylic acids is 1. The highest BCUT2D eigenvalue weighted by Gasteiger charge is 2.07. The lowest BCUT2D eigenvalue weighted by molar-refractivity contribution is -0.118. The molecule has 0 spiro atoms. The minimum absolute atomic E-state index is 0.273. The van der Waals surface area contributed by atoms with Gasteiger partial charge in [-0.05, 0) is 17.7 Å². The number of nitrogens with zero attached hydrogens (tertiary/aromatic N) is 3. The molecule has 2 heterocycles. The normalized spacial score (nSPS) is 11.0. The van der Waals surface area contributed by atoms with E-state index in [9.17, 15) is 4.79 Å². The van der Waals surface area contributed by atoms with E-state index in [4.69, 9.17) is 11.5 Å². The molecule has 2 aromatic heterocycles. The Morgan fingerprint density at radius 3 is 3.00 bits per heavy atom. The Balaban J connectivity index is 1.90. The van der Waals surface area contributed by atoms with Crippen LogP contribution in [0.2, 0.25) is 0 Å². The fourth-order valence-corrected chi connectivity index (χ4v) is 2.07. The summed E-state index contributed by atoms with van der Waals surface area (Å²) >= 11 is 0. The van der Waals surface area contributed by atoms with Gasteiger partial charge in [-0.3, -0.25) is 14.6 Å². The van der Waals surface area contributed by atoms with Crippen molar-refractivity contribution in [3.8, 4) is 11.1 Å². The minimum Gasteiger partial charge on any atom is -0.382 e. The zero-order valence-electron chi connectivity index (χ0n) is 10.7. The van der Waals surface area contributed by atoms with Gasteiger partial charge in [0.25, 0.3) is 0 Å². The second-order valence-electron chi connectivity index (χ2n) is 4.58. The van der Waals surface area contributed by atoms with Gasteiger partial charge in [0.05, 0.1) is 11.7 Å². The quantitative estimate of drug-likeness (QED) is 0.652. The first-order valence-electron chi connectivity index (χ1n) is 6.18. The fraction of sp³-hybridized carbons (Fsp3) is 0.154. The summed E-state index contributed by atoms with van der Waals surface area (Å²) in [5, 5.41) is 11.9. The molecule has 0 saturated heterocycles. The van der Waals surface area contributed by atoms with Crippen LogP contribution in [0.15, 0.2) is 30.6 Å². The number of anilines is 1. The summed E-state index contributed by atoms with van der Waals surface area (Å²) in [6.07, 6.45) is 3.90. The molecule has 20 heavy (non-hydrogen) atoms. The zero-order chi connectivity index (χ0) is 14.1. The van der Waals surface area contributed by atoms with Crippen LogP contribution < -0.4 is 11.5 Å². The Bertz CT molecular complexity index is 772. The Morgan fingerprint density at radius 2 is 2.20 bits per heavy atom. The van der Waals surface area contributed by atoms with Crippen molar-refractivity contribution in [1.82, 2.24) is 20.0 Å². The highest BCUT2D eigenvalue weighted by atomic mass is 16.1. The molecule has 0 aliphatic rings. The molecule has 102 valence electrons. The molecule has 0 aliphatic carbocycles. The largest absolute Gasteiger partial charge is 0.382 e. The van der Waals surface area contributed by atoms with Crippen LogP contribution in [0, 0.1) is 0 Å². The molecule has 3 rings (SSSR count). The van der Waals surface area contributed by atoms with Gasteiger partial charge in [-0.25, -0.2) is 0 Å². The van der Waals surface area contributed by atoms with Crippen LogP contribution in [0.25, 0.3) is 22.0 Å². The average molecular weight is 270 g/mol. The number of nitrogens with two attached hydrogens (primary N) is 2. The topological polar surface area (TPSA) is 116 Å². The third-order valence-electron chi connectivity index (χ3n) is 3.15. The molecule has 0 atom stereocenters. The van der Waals surface area contributed by atoms with Crippen LogP contribution >= 0.6 is 0 Å². The highest BCUT2D eigenvalue weighted by Crippen LogP contribution is 2.25. The summed E-state index contributed by atoms with van der Waals surface area (Å²) in [6.45, 7) is 0.478. The number of carbonyl (C=O) groups is 1. The number of nitrogens with one attached hydrogen (secondary N) is 1. The van der Waals surface area contributed by atoms with Crippen molar-refractivity contribution in [3.63, 3.8) is 0 Å². The van der Waals surface area contributed by atoms with Crippen molar-refractivity contribution in [2.75, 3.05) is 5.73 Å². The lowest BCUT2D eigenvalue weighted by Gasteiger charge is -1.99. The van der Waals surface area contributed by atoms with Gasteiger partial charge in [0, 0.05) is 30.1 Å². The number of hydrogen-bond acceptors (Lipinski definition) is 4. The number of primary amides is 1. The summed E-state index contributed by atoms with van der Waals surface area (Å²) in [7, 11) is 0. The Kier molecular flexibility index (Phi) is 2.86. The Labute approximate surface area is 114 Å². The molecule has 1 amide bonds. The van der Waals surface area contributed by atoms with Crippen LogP contribution in [0.4, 0.5) is 5.82 Å². The van der Waals surface area contributed by atoms with Gasteiger partial charge in [-0.2, -0.15) is 10.2 Å². The molecule has 0 radical (unpaired) electrons. The zero-order valence-corrected chi connectivity index (χ0v) is 10.7. The highest BCUT2D eigenvalue weighted by molar-refractivity contribution is 5.92. The van der Waals surface area contributed by atoms with Gasteiger partial charge >= 0.3 is 0 Å². The molecule has 7 heteroatoms. The molecule has 1 aromatic carbocycles. The standard InChI is InChI=1S/C13H14N6O/c14-12(20)3-4-19-7-9(6-16-19)8-1-2-11-10(5-8)13(15)18-17-11/h1-2,5-7H,3-4H2,(H2,14,20)(H3,15,17,18). The van der Waals surface area contributed by atoms with Gasteiger partial charge in [-0.15, -0.1) is 0 Å². The fourth-order valence-electron chi connectivity index (χ4n) is 2.07. The first-order valence-corrected chi connectivity index (χ1v) is 6.18. The van der Waals surface area contributed by atoms with Crippen molar-refractivity contribution < 1.29 is 4.79 Å². The minimum atomic E-state index is -0.338. The van der Waals surface area contributed by atoms with Crippen LogP contribution in [0.3, 0.4) is 0 Å². The molecule has 5 N–H and O–H groups in total. The maximum atomic E-state index is 10.8. The maximum Gasteiger partial charge on any atom is 0.219 e. The SMILES string of the molecule is NC(=O)CCn1cc(-c2ccc3[nH]nc(N)c3c2)cn1. The third-order valence-corrected chi connectivity index (χ3v) is 3.15. The first kappa shape index (κ1) is 12.2. The molecule has 7 nitrogen and oxygen atoms in total. The average Bonchev–Trinajstić information content (AvgIpc) is 3.04. The number of benzene rings is 1. The molecule has 0 fully saturated rings. The van der Waals surface area contributed by atoms with E-state index >= 15 is 0 Å². The van der Waals surface area contributed by atoms with E-state index in [0.717, 1.165) is 22.0 Å².